The Morgan fingerprint density at radius 2 is 1.65 bits per heavy atom. The SMILES string of the molecule is CCCCCCCc1ccc(NC(=O)c2cc(CC)cc(C)c2O)cc1. The van der Waals surface area contributed by atoms with E-state index in [9.17, 15) is 9.90 Å². The Balaban J connectivity index is 1.96. The van der Waals surface area contributed by atoms with E-state index in [1.807, 2.05) is 32.0 Å². The molecule has 0 spiro atoms. The minimum Gasteiger partial charge on any atom is -0.507 e. The fourth-order valence-corrected chi connectivity index (χ4v) is 3.12. The molecule has 0 heterocycles. The first-order chi connectivity index (χ1) is 12.5. The largest absolute Gasteiger partial charge is 0.507 e. The van der Waals surface area contributed by atoms with E-state index < -0.39 is 0 Å². The Morgan fingerprint density at radius 3 is 2.31 bits per heavy atom. The highest BCUT2D eigenvalue weighted by molar-refractivity contribution is 6.06. The van der Waals surface area contributed by atoms with Crippen LogP contribution in [-0.4, -0.2) is 11.0 Å². The fraction of sp³-hybridized carbons (Fsp3) is 0.435. The number of rotatable bonds is 9. The summed E-state index contributed by atoms with van der Waals surface area (Å²) in [4.78, 5) is 12.5. The number of phenolic OH excluding ortho intramolecular Hbond substituents is 1. The summed E-state index contributed by atoms with van der Waals surface area (Å²) in [6, 6.07) is 11.7. The van der Waals surface area contributed by atoms with Crippen LogP contribution in [0.15, 0.2) is 36.4 Å². The molecule has 0 radical (unpaired) electrons. The maximum atomic E-state index is 12.5. The lowest BCUT2D eigenvalue weighted by atomic mass is 10.0. The summed E-state index contributed by atoms with van der Waals surface area (Å²) in [6.45, 7) is 6.08. The van der Waals surface area contributed by atoms with E-state index in [2.05, 4.69) is 24.4 Å². The average molecular weight is 354 g/mol. The summed E-state index contributed by atoms with van der Waals surface area (Å²) in [5.41, 5.74) is 4.16. The van der Waals surface area contributed by atoms with E-state index in [-0.39, 0.29) is 11.7 Å². The first-order valence-corrected chi connectivity index (χ1v) is 9.78. The minimum absolute atomic E-state index is 0.0587. The summed E-state index contributed by atoms with van der Waals surface area (Å²) in [5.74, 6) is -0.211. The molecule has 2 rings (SSSR count). The second-order valence-electron chi connectivity index (χ2n) is 6.98. The third kappa shape index (κ3) is 5.62. The zero-order chi connectivity index (χ0) is 18.9. The number of anilines is 1. The molecular formula is C23H31NO2. The first-order valence-electron chi connectivity index (χ1n) is 9.78. The lowest BCUT2D eigenvalue weighted by Crippen LogP contribution is -2.13. The highest BCUT2D eigenvalue weighted by Gasteiger charge is 2.14. The summed E-state index contributed by atoms with van der Waals surface area (Å²) in [7, 11) is 0. The van der Waals surface area contributed by atoms with Crippen LogP contribution in [0.1, 0.15) is 73.0 Å². The van der Waals surface area contributed by atoms with Crippen LogP contribution in [0.2, 0.25) is 0 Å². The summed E-state index contributed by atoms with van der Waals surface area (Å²) < 4.78 is 0. The molecule has 140 valence electrons. The van der Waals surface area contributed by atoms with E-state index in [1.165, 1.54) is 37.7 Å². The number of amides is 1. The van der Waals surface area contributed by atoms with Crippen LogP contribution >= 0.6 is 0 Å². The third-order valence-corrected chi connectivity index (χ3v) is 4.79. The number of nitrogens with one attached hydrogen (secondary N) is 1. The van der Waals surface area contributed by atoms with Crippen LogP contribution in [0.5, 0.6) is 5.75 Å². The standard InChI is InChI=1S/C23H31NO2/c1-4-6-7-8-9-10-19-11-13-20(14-12-19)24-23(26)21-16-18(5-2)15-17(3)22(21)25/h11-16,25H,4-10H2,1-3H3,(H,24,26). The van der Waals surface area contributed by atoms with Crippen molar-refractivity contribution in [2.45, 2.75) is 65.7 Å². The minimum atomic E-state index is -0.270. The smallest absolute Gasteiger partial charge is 0.259 e. The van der Waals surface area contributed by atoms with E-state index in [0.29, 0.717) is 5.56 Å². The van der Waals surface area contributed by atoms with Gasteiger partial charge in [0.15, 0.2) is 0 Å². The zero-order valence-electron chi connectivity index (χ0n) is 16.3. The fourth-order valence-electron chi connectivity index (χ4n) is 3.12. The molecule has 2 aromatic carbocycles. The maximum Gasteiger partial charge on any atom is 0.259 e. The molecule has 0 aliphatic carbocycles. The number of carbonyl (C=O) groups is 1. The molecule has 0 saturated carbocycles. The van der Waals surface area contributed by atoms with E-state index >= 15 is 0 Å². The number of hydrogen-bond acceptors (Lipinski definition) is 2. The Morgan fingerprint density at radius 1 is 0.962 bits per heavy atom. The van der Waals surface area contributed by atoms with Crippen LogP contribution in [0.25, 0.3) is 0 Å². The van der Waals surface area contributed by atoms with E-state index in [4.69, 9.17) is 0 Å². The molecule has 2 N–H and O–H groups in total. The Labute approximate surface area is 157 Å². The average Bonchev–Trinajstić information content (AvgIpc) is 2.65. The van der Waals surface area contributed by atoms with Gasteiger partial charge in [-0.3, -0.25) is 4.79 Å². The normalized spacial score (nSPS) is 10.7. The molecule has 0 atom stereocenters. The van der Waals surface area contributed by atoms with Gasteiger partial charge >= 0.3 is 0 Å². The van der Waals surface area contributed by atoms with E-state index in [0.717, 1.165) is 29.7 Å². The van der Waals surface area contributed by atoms with Crippen molar-refractivity contribution in [3.63, 3.8) is 0 Å². The number of carbonyl (C=O) groups excluding carboxylic acids is 1. The zero-order valence-corrected chi connectivity index (χ0v) is 16.3. The van der Waals surface area contributed by atoms with Crippen LogP contribution in [-0.2, 0) is 12.8 Å². The van der Waals surface area contributed by atoms with Crippen molar-refractivity contribution < 1.29 is 9.90 Å². The molecular weight excluding hydrogens is 322 g/mol. The second kappa shape index (κ2) is 10.0. The van der Waals surface area contributed by atoms with Gasteiger partial charge in [-0.05, 0) is 61.1 Å². The van der Waals surface area contributed by atoms with Crippen LogP contribution in [0.4, 0.5) is 5.69 Å². The first kappa shape index (κ1) is 20.0. The van der Waals surface area contributed by atoms with Crippen LogP contribution in [0, 0.1) is 6.92 Å². The molecule has 0 aliphatic heterocycles. The molecule has 3 nitrogen and oxygen atoms in total. The second-order valence-corrected chi connectivity index (χ2v) is 6.98. The summed E-state index contributed by atoms with van der Waals surface area (Å²) in [5, 5.41) is 13.1. The number of aromatic hydroxyl groups is 1. The third-order valence-electron chi connectivity index (χ3n) is 4.79. The molecule has 0 unspecified atom stereocenters. The quantitative estimate of drug-likeness (QED) is 0.541. The van der Waals surface area contributed by atoms with Gasteiger partial charge < -0.3 is 10.4 Å². The van der Waals surface area contributed by atoms with Gasteiger partial charge in [-0.2, -0.15) is 0 Å². The Bertz CT molecular complexity index is 720. The van der Waals surface area contributed by atoms with Gasteiger partial charge in [-0.1, -0.05) is 57.7 Å². The monoisotopic (exact) mass is 353 g/mol. The van der Waals surface area contributed by atoms with Crippen molar-refractivity contribution >= 4 is 11.6 Å². The Kier molecular flexibility index (Phi) is 7.71. The Hall–Kier alpha value is -2.29. The summed E-state index contributed by atoms with van der Waals surface area (Å²) >= 11 is 0. The van der Waals surface area contributed by atoms with E-state index in [1.54, 1.807) is 6.07 Å². The highest BCUT2D eigenvalue weighted by atomic mass is 16.3. The topological polar surface area (TPSA) is 49.3 Å². The van der Waals surface area contributed by atoms with Crippen molar-refractivity contribution in [3.05, 3.63) is 58.7 Å². The predicted octanol–water partition coefficient (Wildman–Crippen LogP) is 6.03. The summed E-state index contributed by atoms with van der Waals surface area (Å²) in [6.07, 6.45) is 8.29. The highest BCUT2D eigenvalue weighted by Crippen LogP contribution is 2.25. The molecule has 0 saturated heterocycles. The van der Waals surface area contributed by atoms with Crippen LogP contribution in [0.3, 0.4) is 0 Å². The lowest BCUT2D eigenvalue weighted by molar-refractivity contribution is 0.102. The van der Waals surface area contributed by atoms with Gasteiger partial charge in [0.2, 0.25) is 0 Å². The van der Waals surface area contributed by atoms with Gasteiger partial charge in [0.25, 0.3) is 5.91 Å². The molecule has 0 aromatic heterocycles. The lowest BCUT2D eigenvalue weighted by Gasteiger charge is -2.11. The van der Waals surface area contributed by atoms with Gasteiger partial charge in [0, 0.05) is 5.69 Å². The number of phenols is 1. The van der Waals surface area contributed by atoms with Crippen molar-refractivity contribution in [1.82, 2.24) is 0 Å². The van der Waals surface area contributed by atoms with Gasteiger partial charge in [0.1, 0.15) is 5.75 Å². The molecule has 3 heteroatoms. The van der Waals surface area contributed by atoms with Crippen molar-refractivity contribution in [3.8, 4) is 5.75 Å². The van der Waals surface area contributed by atoms with Crippen molar-refractivity contribution in [2.75, 3.05) is 5.32 Å². The number of benzene rings is 2. The molecule has 0 bridgehead atoms. The number of unbranched alkanes of at least 4 members (excludes halogenated alkanes) is 4. The molecule has 0 fully saturated rings. The molecule has 26 heavy (non-hydrogen) atoms. The van der Waals surface area contributed by atoms with Gasteiger partial charge in [-0.25, -0.2) is 0 Å². The van der Waals surface area contributed by atoms with Gasteiger partial charge in [-0.15, -0.1) is 0 Å². The molecule has 2 aromatic rings. The predicted molar refractivity (Wildman–Crippen MR) is 109 cm³/mol. The van der Waals surface area contributed by atoms with Crippen LogP contribution < -0.4 is 5.32 Å². The maximum absolute atomic E-state index is 12.5. The number of aryl methyl sites for hydroxylation is 3. The van der Waals surface area contributed by atoms with Gasteiger partial charge in [0.05, 0.1) is 5.56 Å². The molecule has 1 amide bonds. The number of hydrogen-bond donors (Lipinski definition) is 2. The van der Waals surface area contributed by atoms with Crippen molar-refractivity contribution in [1.29, 1.82) is 0 Å². The van der Waals surface area contributed by atoms with Crippen molar-refractivity contribution in [2.24, 2.45) is 0 Å². The molecule has 0 aliphatic rings.